The topological polar surface area (TPSA) is 23.8 Å². The highest BCUT2D eigenvalue weighted by molar-refractivity contribution is 6.31. The summed E-state index contributed by atoms with van der Waals surface area (Å²) >= 11 is 5.82. The van der Waals surface area contributed by atoms with Crippen molar-refractivity contribution in [3.05, 3.63) is 34.1 Å². The highest BCUT2D eigenvalue weighted by atomic mass is 35.5. The molecule has 1 aromatic carbocycles. The second-order valence-electron chi connectivity index (χ2n) is 3.12. The van der Waals surface area contributed by atoms with Gasteiger partial charge in [0, 0.05) is 5.02 Å². The molecule has 0 radical (unpaired) electrons. The molecule has 0 fully saturated rings. The molecule has 0 saturated heterocycles. The lowest BCUT2D eigenvalue weighted by Crippen LogP contribution is -1.95. The van der Waals surface area contributed by atoms with E-state index in [1.807, 2.05) is 19.9 Å². The molecule has 0 aliphatic heterocycles. The van der Waals surface area contributed by atoms with E-state index in [1.54, 1.807) is 0 Å². The summed E-state index contributed by atoms with van der Waals surface area (Å²) in [6, 6.07) is 4.38. The first-order valence-corrected chi connectivity index (χ1v) is 4.33. The summed E-state index contributed by atoms with van der Waals surface area (Å²) in [5.74, 6) is -0.339. The molecule has 1 aromatic rings. The van der Waals surface area contributed by atoms with E-state index in [-0.39, 0.29) is 5.92 Å². The average molecular weight is 198 g/mol. The lowest BCUT2D eigenvalue weighted by Gasteiger charge is -2.09. The van der Waals surface area contributed by atoms with Crippen molar-refractivity contribution in [1.29, 1.82) is 5.26 Å². The largest absolute Gasteiger partial charge is 0.207 e. The normalized spacial score (nSPS) is 10.2. The van der Waals surface area contributed by atoms with E-state index in [1.165, 1.54) is 12.1 Å². The molecule has 13 heavy (non-hydrogen) atoms. The monoisotopic (exact) mass is 197 g/mol. The zero-order chi connectivity index (χ0) is 10.0. The van der Waals surface area contributed by atoms with Crippen LogP contribution < -0.4 is 0 Å². The number of nitriles is 1. The smallest absolute Gasteiger partial charge is 0.126 e. The third kappa shape index (κ3) is 1.99. The second kappa shape index (κ2) is 3.76. The number of hydrogen-bond donors (Lipinski definition) is 0. The van der Waals surface area contributed by atoms with Crippen LogP contribution in [0.3, 0.4) is 0 Å². The maximum absolute atomic E-state index is 12.8. The SMILES string of the molecule is CC(C)c1c(Cl)cc(F)cc1C#N. The molecular weight excluding hydrogens is 189 g/mol. The molecule has 3 heteroatoms. The second-order valence-corrected chi connectivity index (χ2v) is 3.52. The predicted octanol–water partition coefficient (Wildman–Crippen LogP) is 3.47. The van der Waals surface area contributed by atoms with Crippen LogP contribution in [0.4, 0.5) is 4.39 Å². The maximum atomic E-state index is 12.8. The molecule has 68 valence electrons. The van der Waals surface area contributed by atoms with Crippen molar-refractivity contribution in [2.24, 2.45) is 0 Å². The van der Waals surface area contributed by atoms with Crippen molar-refractivity contribution in [3.8, 4) is 6.07 Å². The van der Waals surface area contributed by atoms with Gasteiger partial charge in [0.05, 0.1) is 11.6 Å². The van der Waals surface area contributed by atoms with Gasteiger partial charge in [-0.1, -0.05) is 25.4 Å². The van der Waals surface area contributed by atoms with E-state index in [2.05, 4.69) is 0 Å². The molecule has 0 bridgehead atoms. The molecule has 0 unspecified atom stereocenters. The van der Waals surface area contributed by atoms with Gasteiger partial charge >= 0.3 is 0 Å². The Balaban J connectivity index is 3.41. The number of rotatable bonds is 1. The van der Waals surface area contributed by atoms with Gasteiger partial charge in [-0.15, -0.1) is 0 Å². The van der Waals surface area contributed by atoms with Gasteiger partial charge in [0.25, 0.3) is 0 Å². The van der Waals surface area contributed by atoms with Gasteiger partial charge in [0.1, 0.15) is 5.82 Å². The Morgan fingerprint density at radius 1 is 1.46 bits per heavy atom. The molecule has 0 saturated carbocycles. The Morgan fingerprint density at radius 3 is 2.54 bits per heavy atom. The van der Waals surface area contributed by atoms with E-state index in [0.717, 1.165) is 0 Å². The quantitative estimate of drug-likeness (QED) is 0.676. The van der Waals surface area contributed by atoms with Crippen LogP contribution in [0.15, 0.2) is 12.1 Å². The van der Waals surface area contributed by atoms with Crippen LogP contribution in [0.2, 0.25) is 5.02 Å². The summed E-state index contributed by atoms with van der Waals surface area (Å²) in [4.78, 5) is 0. The van der Waals surface area contributed by atoms with Crippen molar-refractivity contribution >= 4 is 11.6 Å². The van der Waals surface area contributed by atoms with Gasteiger partial charge in [-0.05, 0) is 23.6 Å². The Hall–Kier alpha value is -1.07. The summed E-state index contributed by atoms with van der Waals surface area (Å²) in [5.41, 5.74) is 1.03. The zero-order valence-electron chi connectivity index (χ0n) is 7.44. The Morgan fingerprint density at radius 2 is 2.08 bits per heavy atom. The Bertz CT molecular complexity index is 366. The number of benzene rings is 1. The minimum atomic E-state index is -0.467. The molecule has 1 nitrogen and oxygen atoms in total. The Labute approximate surface area is 81.8 Å². The first-order valence-electron chi connectivity index (χ1n) is 3.95. The highest BCUT2D eigenvalue weighted by Crippen LogP contribution is 2.28. The lowest BCUT2D eigenvalue weighted by atomic mass is 9.98. The van der Waals surface area contributed by atoms with Crippen molar-refractivity contribution in [2.45, 2.75) is 19.8 Å². The molecule has 0 amide bonds. The fourth-order valence-corrected chi connectivity index (χ4v) is 1.69. The van der Waals surface area contributed by atoms with Crippen LogP contribution in [0.25, 0.3) is 0 Å². The first-order chi connectivity index (χ1) is 6.06. The molecule has 0 spiro atoms. The molecule has 0 aromatic heterocycles. The third-order valence-corrected chi connectivity index (χ3v) is 2.10. The molecule has 0 aliphatic carbocycles. The van der Waals surface area contributed by atoms with Crippen LogP contribution in [-0.4, -0.2) is 0 Å². The number of nitrogens with zero attached hydrogens (tertiary/aromatic N) is 1. The number of halogens is 2. The highest BCUT2D eigenvalue weighted by Gasteiger charge is 2.12. The minimum absolute atomic E-state index is 0.128. The van der Waals surface area contributed by atoms with Crippen LogP contribution in [0, 0.1) is 17.1 Å². The van der Waals surface area contributed by atoms with Crippen molar-refractivity contribution in [1.82, 2.24) is 0 Å². The molecule has 0 N–H and O–H groups in total. The maximum Gasteiger partial charge on any atom is 0.126 e. The molecular formula is C10H9ClFN. The van der Waals surface area contributed by atoms with Crippen LogP contribution >= 0.6 is 11.6 Å². The van der Waals surface area contributed by atoms with E-state index in [9.17, 15) is 4.39 Å². The zero-order valence-corrected chi connectivity index (χ0v) is 8.19. The van der Waals surface area contributed by atoms with Gasteiger partial charge in [0.2, 0.25) is 0 Å². The van der Waals surface area contributed by atoms with E-state index >= 15 is 0 Å². The fourth-order valence-electron chi connectivity index (χ4n) is 1.26. The van der Waals surface area contributed by atoms with Gasteiger partial charge in [-0.3, -0.25) is 0 Å². The molecule has 0 aliphatic rings. The van der Waals surface area contributed by atoms with Crippen molar-refractivity contribution < 1.29 is 4.39 Å². The van der Waals surface area contributed by atoms with Gasteiger partial charge < -0.3 is 0 Å². The van der Waals surface area contributed by atoms with Gasteiger partial charge in [-0.2, -0.15) is 5.26 Å². The molecule has 0 atom stereocenters. The summed E-state index contributed by atoms with van der Waals surface area (Å²) < 4.78 is 12.8. The van der Waals surface area contributed by atoms with E-state index < -0.39 is 5.82 Å². The van der Waals surface area contributed by atoms with Crippen molar-refractivity contribution in [3.63, 3.8) is 0 Å². The fraction of sp³-hybridized carbons (Fsp3) is 0.300. The first kappa shape index (κ1) is 10.0. The minimum Gasteiger partial charge on any atom is -0.207 e. The predicted molar refractivity (Wildman–Crippen MR) is 50.2 cm³/mol. The Kier molecular flexibility index (Phi) is 2.90. The van der Waals surface area contributed by atoms with Gasteiger partial charge in [0.15, 0.2) is 0 Å². The lowest BCUT2D eigenvalue weighted by molar-refractivity contribution is 0.625. The summed E-state index contributed by atoms with van der Waals surface area (Å²) in [6.45, 7) is 3.83. The molecule has 0 heterocycles. The van der Waals surface area contributed by atoms with E-state index in [0.29, 0.717) is 16.1 Å². The number of hydrogen-bond acceptors (Lipinski definition) is 1. The summed E-state index contributed by atoms with van der Waals surface area (Å²) in [7, 11) is 0. The summed E-state index contributed by atoms with van der Waals surface area (Å²) in [5, 5.41) is 9.07. The van der Waals surface area contributed by atoms with Crippen LogP contribution in [-0.2, 0) is 0 Å². The molecule has 1 rings (SSSR count). The standard InChI is InChI=1S/C10H9ClFN/c1-6(2)10-7(5-13)3-8(12)4-9(10)11/h3-4,6H,1-2H3. The van der Waals surface area contributed by atoms with Gasteiger partial charge in [-0.25, -0.2) is 4.39 Å². The van der Waals surface area contributed by atoms with E-state index in [4.69, 9.17) is 16.9 Å². The average Bonchev–Trinajstić information content (AvgIpc) is 2.01. The van der Waals surface area contributed by atoms with Crippen LogP contribution in [0.1, 0.15) is 30.9 Å². The van der Waals surface area contributed by atoms with Crippen molar-refractivity contribution in [2.75, 3.05) is 0 Å². The summed E-state index contributed by atoms with van der Waals surface area (Å²) in [6.07, 6.45) is 0. The third-order valence-electron chi connectivity index (χ3n) is 1.79. The van der Waals surface area contributed by atoms with Crippen LogP contribution in [0.5, 0.6) is 0 Å².